The molecule has 0 aliphatic heterocycles. The Balaban J connectivity index is 1.26. The van der Waals surface area contributed by atoms with Gasteiger partial charge in [-0.05, 0) is 51.3 Å². The van der Waals surface area contributed by atoms with Crippen LogP contribution in [0.5, 0.6) is 5.75 Å². The molecule has 4 aromatic rings. The number of aliphatic hydroxyl groups excluding tert-OH is 1. The molecule has 3 aromatic carbocycles. The molecule has 0 spiro atoms. The summed E-state index contributed by atoms with van der Waals surface area (Å²) in [5.74, 6) is 1.54. The standard InChI is InChI=1S/C23H19BrN2O3S/c24-21-9-5-4-8-20(21)22-25-26-23(29-22)30-15-18(27)14-28-19-12-10-17(11-13-19)16-6-2-1-3-7-16/h1-13,18,27H,14-15H2. The van der Waals surface area contributed by atoms with Gasteiger partial charge in [-0.2, -0.15) is 0 Å². The van der Waals surface area contributed by atoms with Crippen LogP contribution in [0.15, 0.2) is 93.0 Å². The van der Waals surface area contributed by atoms with Gasteiger partial charge in [0.1, 0.15) is 12.4 Å². The number of hydrogen-bond acceptors (Lipinski definition) is 6. The van der Waals surface area contributed by atoms with Crippen LogP contribution in [0.25, 0.3) is 22.6 Å². The van der Waals surface area contributed by atoms with Gasteiger partial charge >= 0.3 is 0 Å². The highest BCUT2D eigenvalue weighted by atomic mass is 79.9. The first-order valence-electron chi connectivity index (χ1n) is 9.36. The van der Waals surface area contributed by atoms with Gasteiger partial charge in [0.25, 0.3) is 5.22 Å². The Morgan fingerprint density at radius 1 is 0.900 bits per heavy atom. The van der Waals surface area contributed by atoms with E-state index in [2.05, 4.69) is 38.3 Å². The van der Waals surface area contributed by atoms with Gasteiger partial charge in [0.05, 0.1) is 11.7 Å². The third-order valence-corrected chi connectivity index (χ3v) is 5.97. The quantitative estimate of drug-likeness (QED) is 0.325. The maximum absolute atomic E-state index is 10.2. The molecular formula is C23H19BrN2O3S. The lowest BCUT2D eigenvalue weighted by molar-refractivity contribution is 0.126. The minimum Gasteiger partial charge on any atom is -0.491 e. The zero-order chi connectivity index (χ0) is 20.8. The smallest absolute Gasteiger partial charge is 0.276 e. The summed E-state index contributed by atoms with van der Waals surface area (Å²) in [6, 6.07) is 25.6. The topological polar surface area (TPSA) is 68.4 Å². The van der Waals surface area contributed by atoms with Gasteiger partial charge in [-0.3, -0.25) is 0 Å². The molecule has 1 atom stereocenters. The summed E-state index contributed by atoms with van der Waals surface area (Å²) in [4.78, 5) is 0. The molecule has 0 radical (unpaired) electrons. The van der Waals surface area contributed by atoms with Gasteiger partial charge in [-0.1, -0.05) is 66.4 Å². The molecule has 0 aliphatic rings. The van der Waals surface area contributed by atoms with Gasteiger partial charge in [0, 0.05) is 10.2 Å². The SMILES string of the molecule is OC(COc1ccc(-c2ccccc2)cc1)CSc1nnc(-c2ccccc2Br)o1. The molecule has 1 aromatic heterocycles. The predicted molar refractivity (Wildman–Crippen MR) is 122 cm³/mol. The molecule has 5 nitrogen and oxygen atoms in total. The lowest BCUT2D eigenvalue weighted by atomic mass is 10.1. The van der Waals surface area contributed by atoms with Crippen molar-refractivity contribution >= 4 is 27.7 Å². The molecule has 1 unspecified atom stereocenters. The Bertz CT molecular complexity index is 1090. The molecule has 1 heterocycles. The molecule has 0 fully saturated rings. The first-order valence-corrected chi connectivity index (χ1v) is 11.1. The number of aromatic nitrogens is 2. The predicted octanol–water partition coefficient (Wildman–Crippen LogP) is 5.70. The highest BCUT2D eigenvalue weighted by molar-refractivity contribution is 9.10. The summed E-state index contributed by atoms with van der Waals surface area (Å²) in [5.41, 5.74) is 3.11. The number of hydrogen-bond donors (Lipinski definition) is 1. The van der Waals surface area contributed by atoms with Crippen molar-refractivity contribution in [3.8, 4) is 28.3 Å². The number of benzene rings is 3. The van der Waals surface area contributed by atoms with E-state index < -0.39 is 6.10 Å². The van der Waals surface area contributed by atoms with Gasteiger partial charge in [0.2, 0.25) is 5.89 Å². The van der Waals surface area contributed by atoms with E-state index in [1.165, 1.54) is 11.8 Å². The second-order valence-corrected chi connectivity index (χ2v) is 8.34. The minimum atomic E-state index is -0.664. The average molecular weight is 483 g/mol. The molecule has 0 aliphatic carbocycles. The van der Waals surface area contributed by atoms with Gasteiger partial charge in [-0.15, -0.1) is 10.2 Å². The summed E-state index contributed by atoms with van der Waals surface area (Å²) in [7, 11) is 0. The van der Waals surface area contributed by atoms with Crippen molar-refractivity contribution in [3.63, 3.8) is 0 Å². The molecule has 152 valence electrons. The lowest BCUT2D eigenvalue weighted by Crippen LogP contribution is -2.20. The van der Waals surface area contributed by atoms with Crippen molar-refractivity contribution < 1.29 is 14.3 Å². The Kier molecular flexibility index (Phi) is 6.84. The molecule has 4 rings (SSSR count). The normalized spacial score (nSPS) is 11.9. The first-order chi connectivity index (χ1) is 14.7. The summed E-state index contributed by atoms with van der Waals surface area (Å²) in [5, 5.41) is 18.7. The number of halogens is 1. The fourth-order valence-electron chi connectivity index (χ4n) is 2.79. The Morgan fingerprint density at radius 2 is 1.60 bits per heavy atom. The van der Waals surface area contributed by atoms with E-state index in [-0.39, 0.29) is 6.61 Å². The van der Waals surface area contributed by atoms with Crippen molar-refractivity contribution in [2.75, 3.05) is 12.4 Å². The largest absolute Gasteiger partial charge is 0.491 e. The molecular weight excluding hydrogens is 464 g/mol. The van der Waals surface area contributed by atoms with E-state index in [4.69, 9.17) is 9.15 Å². The van der Waals surface area contributed by atoms with E-state index in [9.17, 15) is 5.11 Å². The molecule has 0 bridgehead atoms. The van der Waals surface area contributed by atoms with Gasteiger partial charge < -0.3 is 14.3 Å². The molecule has 30 heavy (non-hydrogen) atoms. The number of nitrogens with zero attached hydrogens (tertiary/aromatic N) is 2. The van der Waals surface area contributed by atoms with E-state index in [0.29, 0.717) is 22.6 Å². The van der Waals surface area contributed by atoms with Gasteiger partial charge in [-0.25, -0.2) is 0 Å². The van der Waals surface area contributed by atoms with E-state index in [0.717, 1.165) is 21.2 Å². The number of thioether (sulfide) groups is 1. The highest BCUT2D eigenvalue weighted by Gasteiger charge is 2.14. The molecule has 0 saturated heterocycles. The van der Waals surface area contributed by atoms with Crippen LogP contribution in [0.3, 0.4) is 0 Å². The van der Waals surface area contributed by atoms with Gasteiger partial charge in [0.15, 0.2) is 0 Å². The van der Waals surface area contributed by atoms with Crippen molar-refractivity contribution in [2.24, 2.45) is 0 Å². The summed E-state index contributed by atoms with van der Waals surface area (Å²) < 4.78 is 12.3. The van der Waals surface area contributed by atoms with Crippen molar-refractivity contribution in [3.05, 3.63) is 83.3 Å². The van der Waals surface area contributed by atoms with Crippen LogP contribution < -0.4 is 4.74 Å². The van der Waals surface area contributed by atoms with E-state index in [1.54, 1.807) is 0 Å². The Morgan fingerprint density at radius 3 is 2.37 bits per heavy atom. The van der Waals surface area contributed by atoms with Crippen LogP contribution in [0, 0.1) is 0 Å². The second-order valence-electron chi connectivity index (χ2n) is 6.52. The highest BCUT2D eigenvalue weighted by Crippen LogP contribution is 2.29. The molecule has 7 heteroatoms. The summed E-state index contributed by atoms with van der Waals surface area (Å²) >= 11 is 4.77. The summed E-state index contributed by atoms with van der Waals surface area (Å²) in [6.07, 6.45) is -0.664. The van der Waals surface area contributed by atoms with Crippen LogP contribution in [-0.2, 0) is 0 Å². The first kappa shape index (κ1) is 20.7. The lowest BCUT2D eigenvalue weighted by Gasteiger charge is -2.11. The molecule has 0 amide bonds. The van der Waals surface area contributed by atoms with Crippen molar-refractivity contribution in [2.45, 2.75) is 11.3 Å². The fraction of sp³-hybridized carbons (Fsp3) is 0.130. The number of rotatable bonds is 8. The van der Waals surface area contributed by atoms with Crippen LogP contribution in [0.2, 0.25) is 0 Å². The summed E-state index contributed by atoms with van der Waals surface area (Å²) in [6.45, 7) is 0.183. The average Bonchev–Trinajstić information content (AvgIpc) is 3.26. The van der Waals surface area contributed by atoms with Crippen LogP contribution in [0.1, 0.15) is 0 Å². The minimum absolute atomic E-state index is 0.183. The second kappa shape index (κ2) is 9.93. The Hall–Kier alpha value is -2.61. The number of ether oxygens (including phenoxy) is 1. The monoisotopic (exact) mass is 482 g/mol. The van der Waals surface area contributed by atoms with E-state index >= 15 is 0 Å². The van der Waals surface area contributed by atoms with Crippen LogP contribution >= 0.6 is 27.7 Å². The maximum Gasteiger partial charge on any atom is 0.276 e. The molecule has 1 N–H and O–H groups in total. The number of aliphatic hydroxyl groups is 1. The van der Waals surface area contributed by atoms with Crippen LogP contribution in [-0.4, -0.2) is 33.8 Å². The fourth-order valence-corrected chi connectivity index (χ4v) is 3.92. The zero-order valence-electron chi connectivity index (χ0n) is 15.9. The third kappa shape index (κ3) is 5.30. The van der Waals surface area contributed by atoms with E-state index in [1.807, 2.05) is 66.7 Å². The van der Waals surface area contributed by atoms with Crippen LogP contribution in [0.4, 0.5) is 0 Å². The van der Waals surface area contributed by atoms with Crippen molar-refractivity contribution in [1.82, 2.24) is 10.2 Å². The maximum atomic E-state index is 10.2. The third-order valence-electron chi connectivity index (χ3n) is 4.31. The van der Waals surface area contributed by atoms with Crippen molar-refractivity contribution in [1.29, 1.82) is 0 Å². The zero-order valence-corrected chi connectivity index (χ0v) is 18.3. The molecule has 0 saturated carbocycles. The Labute approximate surface area is 187 Å².